The van der Waals surface area contributed by atoms with Gasteiger partial charge in [-0.25, -0.2) is 0 Å². The van der Waals surface area contributed by atoms with Crippen molar-refractivity contribution in [2.75, 3.05) is 11.9 Å². The first kappa shape index (κ1) is 16.5. The van der Waals surface area contributed by atoms with Crippen LogP contribution < -0.4 is 14.8 Å². The van der Waals surface area contributed by atoms with Crippen LogP contribution in [-0.2, 0) is 19.3 Å². The van der Waals surface area contributed by atoms with Crippen LogP contribution in [0.1, 0.15) is 52.4 Å². The molecule has 2 aliphatic rings. The number of thiophene rings is 1. The smallest absolute Gasteiger partial charge is 0.265 e. The van der Waals surface area contributed by atoms with Gasteiger partial charge in [-0.1, -0.05) is 0 Å². The van der Waals surface area contributed by atoms with E-state index in [2.05, 4.69) is 18.3 Å². The van der Waals surface area contributed by atoms with Gasteiger partial charge in [0.05, 0.1) is 17.2 Å². The molecule has 0 bridgehead atoms. The maximum Gasteiger partial charge on any atom is 0.265 e. The maximum atomic E-state index is 12.8. The number of amides is 1. The van der Waals surface area contributed by atoms with Gasteiger partial charge < -0.3 is 14.8 Å². The Hall–Kier alpha value is -2.01. The van der Waals surface area contributed by atoms with Crippen molar-refractivity contribution in [3.05, 3.63) is 39.1 Å². The highest BCUT2D eigenvalue weighted by Crippen LogP contribution is 2.38. The first-order chi connectivity index (χ1) is 12.1. The molecule has 4 nitrogen and oxygen atoms in total. The second kappa shape index (κ2) is 6.71. The number of carbonyl (C=O) groups excluding carboxylic acids is 1. The molecule has 1 amide bonds. The number of ether oxygens (including phenoxy) is 2. The fourth-order valence-corrected chi connectivity index (χ4v) is 4.75. The van der Waals surface area contributed by atoms with E-state index in [1.807, 2.05) is 19.1 Å². The molecule has 0 spiro atoms. The third-order valence-corrected chi connectivity index (χ3v) is 6.00. The molecule has 1 atom stereocenters. The number of hydrogen-bond donors (Lipinski definition) is 1. The Balaban J connectivity index is 1.60. The van der Waals surface area contributed by atoms with Crippen LogP contribution in [0.25, 0.3) is 0 Å². The van der Waals surface area contributed by atoms with Crippen molar-refractivity contribution in [3.63, 3.8) is 0 Å². The molecular formula is C20H23NO3S. The van der Waals surface area contributed by atoms with Crippen molar-refractivity contribution >= 4 is 22.9 Å². The van der Waals surface area contributed by atoms with Crippen LogP contribution >= 0.6 is 11.3 Å². The van der Waals surface area contributed by atoms with E-state index in [4.69, 9.17) is 9.47 Å². The fourth-order valence-electron chi connectivity index (χ4n) is 3.60. The van der Waals surface area contributed by atoms with Crippen molar-refractivity contribution in [1.29, 1.82) is 0 Å². The predicted molar refractivity (Wildman–Crippen MR) is 100 cm³/mol. The Morgan fingerprint density at radius 1 is 1.28 bits per heavy atom. The molecule has 2 aromatic rings. The van der Waals surface area contributed by atoms with Gasteiger partial charge in [-0.15, -0.1) is 11.3 Å². The zero-order valence-corrected chi connectivity index (χ0v) is 15.5. The highest BCUT2D eigenvalue weighted by Gasteiger charge is 2.23. The van der Waals surface area contributed by atoms with E-state index in [1.54, 1.807) is 11.3 Å². The summed E-state index contributed by atoms with van der Waals surface area (Å²) >= 11 is 1.62. The normalized spacial score (nSPS) is 18.2. The zero-order chi connectivity index (χ0) is 17.4. The molecule has 1 aliphatic heterocycles. The molecule has 0 saturated carbocycles. The second-order valence-corrected chi connectivity index (χ2v) is 7.88. The summed E-state index contributed by atoms with van der Waals surface area (Å²) in [6, 6.07) is 5.95. The summed E-state index contributed by atoms with van der Waals surface area (Å²) in [5.41, 5.74) is 3.17. The highest BCUT2D eigenvalue weighted by molar-refractivity contribution is 7.14. The van der Waals surface area contributed by atoms with Crippen molar-refractivity contribution in [2.24, 2.45) is 0 Å². The number of hydrogen-bond acceptors (Lipinski definition) is 4. The number of aryl methyl sites for hydroxylation is 2. The topological polar surface area (TPSA) is 47.6 Å². The lowest BCUT2D eigenvalue weighted by atomic mass is 9.99. The summed E-state index contributed by atoms with van der Waals surface area (Å²) < 4.78 is 11.6. The predicted octanol–water partition coefficient (Wildman–Crippen LogP) is 4.60. The lowest BCUT2D eigenvalue weighted by Gasteiger charge is -2.13. The van der Waals surface area contributed by atoms with Gasteiger partial charge in [0.15, 0.2) is 0 Å². The SMILES string of the molecule is CCOc1cc2c(cc1NC(=O)c1cc3c(s1)CCCC3)OC(C)C2. The molecule has 5 heteroatoms. The molecule has 1 aliphatic carbocycles. The Bertz CT molecular complexity index is 788. The molecule has 1 N–H and O–H groups in total. The Labute approximate surface area is 152 Å². The molecule has 2 heterocycles. The second-order valence-electron chi connectivity index (χ2n) is 6.74. The van der Waals surface area contributed by atoms with E-state index >= 15 is 0 Å². The van der Waals surface area contributed by atoms with Crippen LogP contribution in [0, 0.1) is 0 Å². The molecule has 1 aromatic carbocycles. The van der Waals surface area contributed by atoms with Gasteiger partial charge >= 0.3 is 0 Å². The van der Waals surface area contributed by atoms with Crippen LogP contribution in [0.15, 0.2) is 18.2 Å². The van der Waals surface area contributed by atoms with Crippen LogP contribution in [-0.4, -0.2) is 18.6 Å². The van der Waals surface area contributed by atoms with E-state index in [9.17, 15) is 4.79 Å². The van der Waals surface area contributed by atoms with E-state index in [0.29, 0.717) is 18.0 Å². The molecule has 0 radical (unpaired) electrons. The average molecular weight is 357 g/mol. The van der Waals surface area contributed by atoms with Crippen LogP contribution in [0.4, 0.5) is 5.69 Å². The van der Waals surface area contributed by atoms with Crippen LogP contribution in [0.3, 0.4) is 0 Å². The van der Waals surface area contributed by atoms with E-state index < -0.39 is 0 Å². The first-order valence-corrected chi connectivity index (χ1v) is 9.85. The summed E-state index contributed by atoms with van der Waals surface area (Å²) in [5, 5.41) is 3.03. The summed E-state index contributed by atoms with van der Waals surface area (Å²) in [7, 11) is 0. The van der Waals surface area contributed by atoms with E-state index in [-0.39, 0.29) is 12.0 Å². The summed E-state index contributed by atoms with van der Waals surface area (Å²) in [5.74, 6) is 1.50. The standard InChI is InChI=1S/C20H23NO3S/c1-3-23-17-9-14-8-12(2)24-16(14)11-15(17)21-20(22)19-10-13-6-4-5-7-18(13)25-19/h9-12H,3-8H2,1-2H3,(H,21,22). The average Bonchev–Trinajstić information content (AvgIpc) is 3.17. The number of anilines is 1. The fraction of sp³-hybridized carbons (Fsp3) is 0.450. The van der Waals surface area contributed by atoms with Gasteiger partial charge in [0.2, 0.25) is 0 Å². The van der Waals surface area contributed by atoms with Gasteiger partial charge in [-0.3, -0.25) is 4.79 Å². The van der Waals surface area contributed by atoms with Crippen LogP contribution in [0.2, 0.25) is 0 Å². The lowest BCUT2D eigenvalue weighted by Crippen LogP contribution is -2.12. The monoisotopic (exact) mass is 357 g/mol. The minimum absolute atomic E-state index is 0.0636. The lowest BCUT2D eigenvalue weighted by molar-refractivity contribution is 0.103. The number of rotatable bonds is 4. The molecule has 25 heavy (non-hydrogen) atoms. The summed E-state index contributed by atoms with van der Waals surface area (Å²) in [4.78, 5) is 14.9. The number of fused-ring (bicyclic) bond motifs is 2. The van der Waals surface area contributed by atoms with Crippen molar-refractivity contribution in [1.82, 2.24) is 0 Å². The Kier molecular flexibility index (Phi) is 4.42. The Morgan fingerprint density at radius 3 is 2.92 bits per heavy atom. The zero-order valence-electron chi connectivity index (χ0n) is 14.7. The van der Waals surface area contributed by atoms with Crippen molar-refractivity contribution < 1.29 is 14.3 Å². The quantitative estimate of drug-likeness (QED) is 0.870. The molecular weight excluding hydrogens is 334 g/mol. The van der Waals surface area contributed by atoms with Gasteiger partial charge in [-0.05, 0) is 57.2 Å². The minimum Gasteiger partial charge on any atom is -0.492 e. The highest BCUT2D eigenvalue weighted by atomic mass is 32.1. The molecule has 1 aromatic heterocycles. The minimum atomic E-state index is -0.0636. The van der Waals surface area contributed by atoms with E-state index in [1.165, 1.54) is 23.3 Å². The van der Waals surface area contributed by atoms with Gasteiger partial charge in [-0.2, -0.15) is 0 Å². The van der Waals surface area contributed by atoms with Gasteiger partial charge in [0.1, 0.15) is 17.6 Å². The summed E-state index contributed by atoms with van der Waals surface area (Å²) in [6.07, 6.45) is 5.68. The molecule has 132 valence electrons. The molecule has 0 fully saturated rings. The van der Waals surface area contributed by atoms with Crippen molar-refractivity contribution in [2.45, 2.75) is 52.1 Å². The summed E-state index contributed by atoms with van der Waals surface area (Å²) in [6.45, 7) is 4.56. The van der Waals surface area contributed by atoms with Crippen LogP contribution in [0.5, 0.6) is 11.5 Å². The molecule has 4 rings (SSSR count). The number of nitrogens with one attached hydrogen (secondary N) is 1. The number of carbonyl (C=O) groups is 1. The first-order valence-electron chi connectivity index (χ1n) is 9.03. The van der Waals surface area contributed by atoms with Gasteiger partial charge in [0.25, 0.3) is 5.91 Å². The third kappa shape index (κ3) is 3.25. The third-order valence-electron chi connectivity index (χ3n) is 4.77. The molecule has 1 unspecified atom stereocenters. The van der Waals surface area contributed by atoms with Crippen molar-refractivity contribution in [3.8, 4) is 11.5 Å². The maximum absolute atomic E-state index is 12.8. The van der Waals surface area contributed by atoms with E-state index in [0.717, 1.165) is 35.5 Å². The van der Waals surface area contributed by atoms with Gasteiger partial charge in [0, 0.05) is 22.9 Å². The Morgan fingerprint density at radius 2 is 2.12 bits per heavy atom. The molecule has 0 saturated heterocycles. The number of benzene rings is 1. The largest absolute Gasteiger partial charge is 0.492 e.